The Bertz CT molecular complexity index is 125. The fourth-order valence-corrected chi connectivity index (χ4v) is 1.06. The second kappa shape index (κ2) is 8.84. The van der Waals surface area contributed by atoms with E-state index in [4.69, 9.17) is 9.59 Å². The molecule has 0 bridgehead atoms. The zero-order chi connectivity index (χ0) is 12.4. The van der Waals surface area contributed by atoms with Gasteiger partial charge in [-0.2, -0.15) is 0 Å². The molecule has 0 amide bonds. The van der Waals surface area contributed by atoms with Crippen molar-refractivity contribution < 1.29 is 19.8 Å². The molecule has 0 aromatic rings. The first-order valence-corrected chi connectivity index (χ1v) is 4.29. The molecule has 0 aromatic carbocycles. The average Bonchev–Trinajstić information content (AvgIpc) is 2.08. The van der Waals surface area contributed by atoms with Crippen LogP contribution in [0.3, 0.4) is 0 Å². The Balaban J connectivity index is -0.000000266. The first-order chi connectivity index (χ1) is 6.27. The first-order valence-electron chi connectivity index (χ1n) is 4.29. The van der Waals surface area contributed by atoms with Gasteiger partial charge in [0.05, 0.1) is 11.2 Å². The molecule has 4 nitrogen and oxygen atoms in total. The molecule has 0 aliphatic heterocycles. The van der Waals surface area contributed by atoms with Gasteiger partial charge >= 0.3 is 0 Å². The van der Waals surface area contributed by atoms with Gasteiger partial charge in [-0.05, 0) is 27.2 Å². The van der Waals surface area contributed by atoms with Crippen LogP contribution in [-0.4, -0.2) is 35.0 Å². The van der Waals surface area contributed by atoms with Gasteiger partial charge in [-0.1, -0.05) is 6.92 Å². The Kier molecular flexibility index (Phi) is 12.0. The van der Waals surface area contributed by atoms with Crippen molar-refractivity contribution in [1.82, 2.24) is 0 Å². The zero-order valence-electron chi connectivity index (χ0n) is 9.54. The fourth-order valence-electron chi connectivity index (χ4n) is 1.06. The van der Waals surface area contributed by atoms with Crippen molar-refractivity contribution in [2.24, 2.45) is 0 Å². The molecule has 0 aliphatic rings. The SMILES string of the molecule is C=O.C=O.CCC(C)(O)CC(C)(C)O. The van der Waals surface area contributed by atoms with E-state index in [1.165, 1.54) is 0 Å². The summed E-state index contributed by atoms with van der Waals surface area (Å²) in [5.41, 5.74) is -1.49. The zero-order valence-corrected chi connectivity index (χ0v) is 9.54. The van der Waals surface area contributed by atoms with Gasteiger partial charge in [-0.3, -0.25) is 0 Å². The monoisotopic (exact) mass is 206 g/mol. The van der Waals surface area contributed by atoms with Gasteiger partial charge < -0.3 is 19.8 Å². The first kappa shape index (κ1) is 18.9. The summed E-state index contributed by atoms with van der Waals surface area (Å²) in [6.07, 6.45) is 1.10. The molecule has 0 saturated carbocycles. The molecule has 0 spiro atoms. The van der Waals surface area contributed by atoms with Gasteiger partial charge in [-0.25, -0.2) is 0 Å². The van der Waals surface area contributed by atoms with Gasteiger partial charge in [0, 0.05) is 6.42 Å². The van der Waals surface area contributed by atoms with Crippen LogP contribution >= 0.6 is 0 Å². The predicted molar refractivity (Wildman–Crippen MR) is 56.1 cm³/mol. The molecular weight excluding hydrogens is 184 g/mol. The fraction of sp³-hybridized carbons (Fsp3) is 0.800. The van der Waals surface area contributed by atoms with Crippen LogP contribution in [0.2, 0.25) is 0 Å². The topological polar surface area (TPSA) is 74.6 Å². The van der Waals surface area contributed by atoms with E-state index in [0.29, 0.717) is 12.8 Å². The van der Waals surface area contributed by atoms with Crippen LogP contribution < -0.4 is 0 Å². The summed E-state index contributed by atoms with van der Waals surface area (Å²) in [5, 5.41) is 18.8. The van der Waals surface area contributed by atoms with Gasteiger partial charge in [0.2, 0.25) is 0 Å². The Labute approximate surface area is 85.9 Å². The number of aliphatic hydroxyl groups is 2. The smallest absolute Gasteiger partial charge is 0.106 e. The number of carbonyl (C=O) groups is 2. The second-order valence-corrected chi connectivity index (χ2v) is 3.84. The van der Waals surface area contributed by atoms with Gasteiger partial charge in [-0.15, -0.1) is 0 Å². The lowest BCUT2D eigenvalue weighted by Crippen LogP contribution is -2.34. The Hall–Kier alpha value is -0.740. The van der Waals surface area contributed by atoms with Crippen molar-refractivity contribution >= 4 is 13.6 Å². The minimum Gasteiger partial charge on any atom is -0.390 e. The Morgan fingerprint density at radius 3 is 1.36 bits per heavy atom. The quantitative estimate of drug-likeness (QED) is 0.720. The van der Waals surface area contributed by atoms with Crippen molar-refractivity contribution in [2.45, 2.75) is 51.7 Å². The molecule has 0 rings (SSSR count). The summed E-state index contributed by atoms with van der Waals surface area (Å²) >= 11 is 0. The molecule has 0 aliphatic carbocycles. The van der Waals surface area contributed by atoms with E-state index >= 15 is 0 Å². The molecule has 0 heterocycles. The van der Waals surface area contributed by atoms with Gasteiger partial charge in [0.1, 0.15) is 13.6 Å². The summed E-state index contributed by atoms with van der Waals surface area (Å²) in [5.74, 6) is 0. The van der Waals surface area contributed by atoms with Crippen LogP contribution in [0.25, 0.3) is 0 Å². The molecule has 86 valence electrons. The molecule has 4 heteroatoms. The third-order valence-electron chi connectivity index (χ3n) is 1.58. The van der Waals surface area contributed by atoms with Crippen molar-refractivity contribution in [3.63, 3.8) is 0 Å². The van der Waals surface area contributed by atoms with Crippen molar-refractivity contribution in [2.75, 3.05) is 0 Å². The van der Waals surface area contributed by atoms with E-state index in [2.05, 4.69) is 0 Å². The summed E-state index contributed by atoms with van der Waals surface area (Å²) in [4.78, 5) is 16.0. The maximum atomic E-state index is 9.50. The van der Waals surface area contributed by atoms with Crippen molar-refractivity contribution in [1.29, 1.82) is 0 Å². The minimum atomic E-state index is -0.764. The van der Waals surface area contributed by atoms with E-state index in [0.717, 1.165) is 0 Å². The lowest BCUT2D eigenvalue weighted by atomic mass is 9.89. The van der Waals surface area contributed by atoms with Crippen LogP contribution in [-0.2, 0) is 9.59 Å². The number of hydrogen-bond acceptors (Lipinski definition) is 4. The summed E-state index contributed by atoms with van der Waals surface area (Å²) in [6, 6.07) is 0. The third-order valence-corrected chi connectivity index (χ3v) is 1.58. The van der Waals surface area contributed by atoms with E-state index in [1.54, 1.807) is 20.8 Å². The summed E-state index contributed by atoms with van der Waals surface area (Å²) < 4.78 is 0. The highest BCUT2D eigenvalue weighted by Gasteiger charge is 2.26. The van der Waals surface area contributed by atoms with E-state index in [-0.39, 0.29) is 0 Å². The lowest BCUT2D eigenvalue weighted by molar-refractivity contribution is -0.0987. The average molecular weight is 206 g/mol. The second-order valence-electron chi connectivity index (χ2n) is 3.84. The molecule has 2 N–H and O–H groups in total. The van der Waals surface area contributed by atoms with Crippen LogP contribution in [0.15, 0.2) is 0 Å². The number of rotatable bonds is 3. The van der Waals surface area contributed by atoms with E-state index < -0.39 is 11.2 Å². The highest BCUT2D eigenvalue weighted by molar-refractivity contribution is 5.11. The molecule has 1 atom stereocenters. The predicted octanol–water partition coefficient (Wildman–Crippen LogP) is 0.939. The maximum absolute atomic E-state index is 9.50. The molecule has 14 heavy (non-hydrogen) atoms. The number of carbonyl (C=O) groups excluding carboxylic acids is 2. The summed E-state index contributed by atoms with van der Waals surface area (Å²) in [7, 11) is 0. The molecule has 0 aromatic heterocycles. The van der Waals surface area contributed by atoms with Crippen molar-refractivity contribution in [3.8, 4) is 0 Å². The number of hydrogen-bond donors (Lipinski definition) is 2. The largest absolute Gasteiger partial charge is 0.390 e. The van der Waals surface area contributed by atoms with Crippen LogP contribution in [0.5, 0.6) is 0 Å². The van der Waals surface area contributed by atoms with Crippen LogP contribution in [0.4, 0.5) is 0 Å². The highest BCUT2D eigenvalue weighted by Crippen LogP contribution is 2.22. The third kappa shape index (κ3) is 17.4. The van der Waals surface area contributed by atoms with Gasteiger partial charge in [0.25, 0.3) is 0 Å². The van der Waals surface area contributed by atoms with E-state index in [9.17, 15) is 10.2 Å². The van der Waals surface area contributed by atoms with Crippen LogP contribution in [0.1, 0.15) is 40.5 Å². The standard InChI is InChI=1S/C8H18O2.2CH2O/c1-5-8(4,10)6-7(2,3)9;2*1-2/h9-10H,5-6H2,1-4H3;2*1H2. The molecule has 0 radical (unpaired) electrons. The molecular formula is C10H22O4. The normalized spacial score (nSPS) is 13.9. The van der Waals surface area contributed by atoms with Crippen molar-refractivity contribution in [3.05, 3.63) is 0 Å². The minimum absolute atomic E-state index is 0.427. The highest BCUT2D eigenvalue weighted by atomic mass is 16.3. The Morgan fingerprint density at radius 1 is 1.00 bits per heavy atom. The molecule has 0 fully saturated rings. The maximum Gasteiger partial charge on any atom is 0.106 e. The van der Waals surface area contributed by atoms with E-state index in [1.807, 2.05) is 20.5 Å². The summed E-state index contributed by atoms with van der Waals surface area (Å²) in [6.45, 7) is 11.1. The van der Waals surface area contributed by atoms with Gasteiger partial charge in [0.15, 0.2) is 0 Å². The van der Waals surface area contributed by atoms with Crippen LogP contribution in [0, 0.1) is 0 Å². The molecule has 0 saturated heterocycles. The lowest BCUT2D eigenvalue weighted by Gasteiger charge is -2.28. The Morgan fingerprint density at radius 2 is 1.29 bits per heavy atom. The molecule has 1 unspecified atom stereocenters.